The fourth-order valence-corrected chi connectivity index (χ4v) is 4.27. The largest absolute Gasteiger partial charge is 0.341 e. The number of benzene rings is 4. The first-order chi connectivity index (χ1) is 14.1. The predicted molar refractivity (Wildman–Crippen MR) is 125 cm³/mol. The van der Waals surface area contributed by atoms with Gasteiger partial charge in [0.2, 0.25) is 0 Å². The topological polar surface area (TPSA) is 6.48 Å². The molecule has 0 amide bonds. The first kappa shape index (κ1) is 17.6. The standard InChI is InChI=1S/C27H24N2/c1-19-14-15-24-25(16-19)29(3)27-18-23(21-12-8-5-9-13-21)22(17-26(27)28(24)2)20-10-6-4-7-11-20/h4-18H,1-3H3. The van der Waals surface area contributed by atoms with Crippen LogP contribution in [0.3, 0.4) is 0 Å². The lowest BCUT2D eigenvalue weighted by Crippen LogP contribution is -2.24. The van der Waals surface area contributed by atoms with Crippen molar-refractivity contribution in [1.29, 1.82) is 0 Å². The van der Waals surface area contributed by atoms with Crippen LogP contribution in [0.1, 0.15) is 5.56 Å². The highest BCUT2D eigenvalue weighted by atomic mass is 15.2. The molecule has 0 spiro atoms. The van der Waals surface area contributed by atoms with Gasteiger partial charge in [0, 0.05) is 14.1 Å². The van der Waals surface area contributed by atoms with Crippen LogP contribution in [0.4, 0.5) is 22.7 Å². The number of fused-ring (bicyclic) bond motifs is 2. The molecular formula is C27H24N2. The Morgan fingerprint density at radius 2 is 0.931 bits per heavy atom. The number of hydrogen-bond acceptors (Lipinski definition) is 2. The Morgan fingerprint density at radius 3 is 1.45 bits per heavy atom. The zero-order valence-corrected chi connectivity index (χ0v) is 17.1. The second-order valence-electron chi connectivity index (χ2n) is 7.73. The van der Waals surface area contributed by atoms with Crippen LogP contribution in [-0.4, -0.2) is 14.1 Å². The molecule has 142 valence electrons. The molecule has 0 radical (unpaired) electrons. The lowest BCUT2D eigenvalue weighted by Gasteiger charge is -2.37. The summed E-state index contributed by atoms with van der Waals surface area (Å²) in [6, 6.07) is 32.7. The van der Waals surface area contributed by atoms with Gasteiger partial charge >= 0.3 is 0 Å². The highest BCUT2D eigenvalue weighted by Crippen LogP contribution is 2.50. The fourth-order valence-electron chi connectivity index (χ4n) is 4.27. The minimum Gasteiger partial charge on any atom is -0.341 e. The molecule has 1 aliphatic heterocycles. The molecule has 0 bridgehead atoms. The molecule has 0 unspecified atom stereocenters. The van der Waals surface area contributed by atoms with E-state index in [1.165, 1.54) is 50.6 Å². The van der Waals surface area contributed by atoms with Gasteiger partial charge in [-0.25, -0.2) is 0 Å². The number of aryl methyl sites for hydroxylation is 1. The third-order valence-electron chi connectivity index (χ3n) is 5.86. The highest BCUT2D eigenvalue weighted by molar-refractivity contribution is 5.99. The Morgan fingerprint density at radius 1 is 0.483 bits per heavy atom. The molecule has 0 aromatic heterocycles. The van der Waals surface area contributed by atoms with Gasteiger partial charge in [0.1, 0.15) is 0 Å². The third-order valence-corrected chi connectivity index (χ3v) is 5.86. The molecule has 4 aromatic rings. The number of rotatable bonds is 2. The Kier molecular flexibility index (Phi) is 4.13. The Hall–Kier alpha value is -3.52. The molecule has 29 heavy (non-hydrogen) atoms. The lowest BCUT2D eigenvalue weighted by molar-refractivity contribution is 1.09. The van der Waals surface area contributed by atoms with Crippen molar-refractivity contribution in [2.45, 2.75) is 6.92 Å². The first-order valence-electron chi connectivity index (χ1n) is 10.0. The van der Waals surface area contributed by atoms with E-state index in [0.717, 1.165) is 0 Å². The van der Waals surface area contributed by atoms with Crippen LogP contribution in [0.15, 0.2) is 91.0 Å². The highest BCUT2D eigenvalue weighted by Gasteiger charge is 2.26. The maximum absolute atomic E-state index is 2.34. The van der Waals surface area contributed by atoms with Gasteiger partial charge in [0.25, 0.3) is 0 Å². The zero-order chi connectivity index (χ0) is 20.0. The van der Waals surface area contributed by atoms with E-state index in [2.05, 4.69) is 122 Å². The molecule has 0 saturated carbocycles. The van der Waals surface area contributed by atoms with Gasteiger partial charge in [-0.3, -0.25) is 0 Å². The van der Waals surface area contributed by atoms with Gasteiger partial charge in [-0.15, -0.1) is 0 Å². The minimum absolute atomic E-state index is 1.22. The Labute approximate surface area is 172 Å². The molecule has 2 nitrogen and oxygen atoms in total. The normalized spacial score (nSPS) is 12.5. The third kappa shape index (κ3) is 2.89. The van der Waals surface area contributed by atoms with Crippen molar-refractivity contribution in [3.05, 3.63) is 96.6 Å². The second kappa shape index (κ2) is 6.82. The van der Waals surface area contributed by atoms with Crippen molar-refractivity contribution in [3.63, 3.8) is 0 Å². The van der Waals surface area contributed by atoms with E-state index in [9.17, 15) is 0 Å². The molecule has 0 saturated heterocycles. The van der Waals surface area contributed by atoms with Crippen LogP contribution in [0.2, 0.25) is 0 Å². The maximum Gasteiger partial charge on any atom is 0.0656 e. The van der Waals surface area contributed by atoms with Crippen molar-refractivity contribution in [2.24, 2.45) is 0 Å². The predicted octanol–water partition coefficient (Wildman–Crippen LogP) is 7.18. The summed E-state index contributed by atoms with van der Waals surface area (Å²) in [6.45, 7) is 2.15. The molecular weight excluding hydrogens is 352 g/mol. The molecule has 4 aromatic carbocycles. The van der Waals surface area contributed by atoms with E-state index in [1.807, 2.05) is 0 Å². The SMILES string of the molecule is Cc1ccc2c(c1)N(C)c1cc(-c3ccccc3)c(-c3ccccc3)cc1N2C. The minimum atomic E-state index is 1.22. The number of nitrogens with zero attached hydrogens (tertiary/aromatic N) is 2. The monoisotopic (exact) mass is 376 g/mol. The summed E-state index contributed by atoms with van der Waals surface area (Å²) >= 11 is 0. The summed E-state index contributed by atoms with van der Waals surface area (Å²) in [4.78, 5) is 4.63. The van der Waals surface area contributed by atoms with Crippen molar-refractivity contribution < 1.29 is 0 Å². The quantitative estimate of drug-likeness (QED) is 0.366. The average Bonchev–Trinajstić information content (AvgIpc) is 2.78. The molecule has 5 rings (SSSR count). The molecule has 0 atom stereocenters. The summed E-state index contributed by atoms with van der Waals surface area (Å²) in [5.74, 6) is 0. The van der Waals surface area contributed by atoms with E-state index in [4.69, 9.17) is 0 Å². The lowest BCUT2D eigenvalue weighted by atomic mass is 9.91. The molecule has 0 N–H and O–H groups in total. The van der Waals surface area contributed by atoms with Gasteiger partial charge < -0.3 is 9.80 Å². The van der Waals surface area contributed by atoms with Crippen LogP contribution in [0.25, 0.3) is 22.3 Å². The average molecular weight is 377 g/mol. The summed E-state index contributed by atoms with van der Waals surface area (Å²) in [6.07, 6.45) is 0. The zero-order valence-electron chi connectivity index (χ0n) is 17.1. The van der Waals surface area contributed by atoms with E-state index >= 15 is 0 Å². The van der Waals surface area contributed by atoms with E-state index in [-0.39, 0.29) is 0 Å². The van der Waals surface area contributed by atoms with Crippen LogP contribution < -0.4 is 9.80 Å². The summed E-state index contributed by atoms with van der Waals surface area (Å²) in [5, 5.41) is 0. The van der Waals surface area contributed by atoms with Crippen molar-refractivity contribution in [3.8, 4) is 22.3 Å². The summed E-state index contributed by atoms with van der Waals surface area (Å²) in [7, 11) is 4.33. The van der Waals surface area contributed by atoms with Gasteiger partial charge in [-0.05, 0) is 59.0 Å². The van der Waals surface area contributed by atoms with Crippen LogP contribution in [0.5, 0.6) is 0 Å². The Balaban J connectivity index is 1.78. The van der Waals surface area contributed by atoms with Gasteiger partial charge in [0.05, 0.1) is 22.7 Å². The molecule has 2 heteroatoms. The second-order valence-corrected chi connectivity index (χ2v) is 7.73. The molecule has 0 fully saturated rings. The van der Waals surface area contributed by atoms with E-state index in [1.54, 1.807) is 0 Å². The van der Waals surface area contributed by atoms with Gasteiger partial charge in [-0.2, -0.15) is 0 Å². The number of hydrogen-bond donors (Lipinski definition) is 0. The van der Waals surface area contributed by atoms with Gasteiger partial charge in [0.15, 0.2) is 0 Å². The molecule has 1 aliphatic rings. The number of anilines is 4. The van der Waals surface area contributed by atoms with Crippen LogP contribution in [0, 0.1) is 6.92 Å². The van der Waals surface area contributed by atoms with Crippen molar-refractivity contribution >= 4 is 22.7 Å². The van der Waals surface area contributed by atoms with E-state index in [0.29, 0.717) is 0 Å². The fraction of sp³-hybridized carbons (Fsp3) is 0.111. The molecule has 1 heterocycles. The molecule has 0 aliphatic carbocycles. The van der Waals surface area contributed by atoms with Crippen molar-refractivity contribution in [1.82, 2.24) is 0 Å². The maximum atomic E-state index is 2.34. The first-order valence-corrected chi connectivity index (χ1v) is 10.0. The summed E-state index contributed by atoms with van der Waals surface area (Å²) in [5.41, 5.74) is 11.2. The van der Waals surface area contributed by atoms with Crippen LogP contribution >= 0.6 is 0 Å². The van der Waals surface area contributed by atoms with Crippen molar-refractivity contribution in [2.75, 3.05) is 23.9 Å². The summed E-state index contributed by atoms with van der Waals surface area (Å²) < 4.78 is 0. The Bertz CT molecular complexity index is 1180. The van der Waals surface area contributed by atoms with E-state index < -0.39 is 0 Å². The van der Waals surface area contributed by atoms with Crippen LogP contribution in [-0.2, 0) is 0 Å². The smallest absolute Gasteiger partial charge is 0.0656 e. The van der Waals surface area contributed by atoms with Gasteiger partial charge in [-0.1, -0.05) is 66.7 Å².